The molecule has 38 heavy (non-hydrogen) atoms. The molecule has 0 spiro atoms. The van der Waals surface area contributed by atoms with Gasteiger partial charge in [0, 0.05) is 17.1 Å². The summed E-state index contributed by atoms with van der Waals surface area (Å²) in [6, 6.07) is 10.1. The smallest absolute Gasteiger partial charge is 0.416 e. The molecule has 1 heterocycles. The van der Waals surface area contributed by atoms with Crippen LogP contribution >= 0.6 is 0 Å². The molecule has 1 fully saturated rings. The van der Waals surface area contributed by atoms with E-state index in [0.29, 0.717) is 0 Å². The Morgan fingerprint density at radius 1 is 1.11 bits per heavy atom. The van der Waals surface area contributed by atoms with Gasteiger partial charge in [0.15, 0.2) is 0 Å². The number of hydrogen-bond acceptors (Lipinski definition) is 3. The Balaban J connectivity index is 1.85. The second-order valence-electron chi connectivity index (χ2n) is 9.62. The summed E-state index contributed by atoms with van der Waals surface area (Å²) in [5, 5.41) is 0. The highest BCUT2D eigenvalue weighted by molar-refractivity contribution is 5.76. The van der Waals surface area contributed by atoms with Crippen molar-refractivity contribution in [2.24, 2.45) is 0 Å². The minimum absolute atomic E-state index is 0.0473. The van der Waals surface area contributed by atoms with E-state index in [0.717, 1.165) is 47.9 Å². The van der Waals surface area contributed by atoms with E-state index in [1.54, 1.807) is 6.92 Å². The van der Waals surface area contributed by atoms with Crippen molar-refractivity contribution in [3.05, 3.63) is 87.7 Å². The van der Waals surface area contributed by atoms with Crippen LogP contribution < -0.4 is 4.74 Å². The molecule has 0 radical (unpaired) electrons. The van der Waals surface area contributed by atoms with Crippen LogP contribution in [0.3, 0.4) is 0 Å². The quantitative estimate of drug-likeness (QED) is 0.299. The highest BCUT2D eigenvalue weighted by atomic mass is 19.4. The Hall–Kier alpha value is -3.55. The molecular weight excluding hydrogens is 498 g/mol. The van der Waals surface area contributed by atoms with Crippen molar-refractivity contribution >= 4 is 6.09 Å². The first-order valence-electron chi connectivity index (χ1n) is 14.0. The second-order valence-corrected chi connectivity index (χ2v) is 9.62. The minimum Gasteiger partial charge on any atom is -0.496 e. The molecule has 0 aromatic heterocycles. The van der Waals surface area contributed by atoms with Gasteiger partial charge in [0.2, 0.25) is 0 Å². The summed E-state index contributed by atoms with van der Waals surface area (Å²) in [6.07, 6.45) is -6.09. The van der Waals surface area contributed by atoms with Crippen LogP contribution in [0.2, 0.25) is 0 Å². The van der Waals surface area contributed by atoms with Gasteiger partial charge in [-0.05, 0) is 67.1 Å². The van der Waals surface area contributed by atoms with Crippen LogP contribution in [0.5, 0.6) is 5.75 Å². The van der Waals surface area contributed by atoms with Crippen LogP contribution in [0, 0.1) is 19.7 Å². The standard InChI is InChI=1S/C30H31F4NO3/c1-16(2)24-13-25(27(37-6)14-26(24)31)23-8-7-22(30(32,33)34)12-21(23)15-35-19(5)28(38-29(35)36)20-10-17(3)9-18(4)11-20/h7-14,16,19,28H,15H2,1-6H3/t19-,28-/m0/s1/i1D3,16D/t16?,19-,28-. The van der Waals surface area contributed by atoms with Crippen molar-refractivity contribution in [1.82, 2.24) is 4.90 Å². The van der Waals surface area contributed by atoms with E-state index < -0.39 is 54.1 Å². The zero-order valence-corrected chi connectivity index (χ0v) is 21.7. The van der Waals surface area contributed by atoms with E-state index in [4.69, 9.17) is 15.0 Å². The van der Waals surface area contributed by atoms with E-state index in [9.17, 15) is 18.0 Å². The number of benzene rings is 3. The van der Waals surface area contributed by atoms with E-state index in [2.05, 4.69) is 0 Å². The number of carbonyl (C=O) groups is 1. The van der Waals surface area contributed by atoms with Crippen LogP contribution in [0.15, 0.2) is 48.5 Å². The maximum atomic E-state index is 15.1. The fourth-order valence-electron chi connectivity index (χ4n) is 4.90. The molecule has 4 nitrogen and oxygen atoms in total. The number of rotatable bonds is 6. The molecular formula is C30H31F4NO3. The van der Waals surface area contributed by atoms with Gasteiger partial charge in [-0.2, -0.15) is 13.2 Å². The molecule has 202 valence electrons. The average Bonchev–Trinajstić information content (AvgIpc) is 3.15. The Bertz CT molecular complexity index is 1500. The molecule has 3 aromatic rings. The third-order valence-electron chi connectivity index (χ3n) is 6.72. The fraction of sp³-hybridized carbons (Fsp3) is 0.367. The van der Waals surface area contributed by atoms with E-state index in [1.807, 2.05) is 32.0 Å². The Kier molecular flexibility index (Phi) is 6.09. The van der Waals surface area contributed by atoms with E-state index in [1.165, 1.54) is 18.1 Å². The van der Waals surface area contributed by atoms with Gasteiger partial charge < -0.3 is 9.47 Å². The molecule has 1 aliphatic rings. The fourth-order valence-corrected chi connectivity index (χ4v) is 4.90. The van der Waals surface area contributed by atoms with E-state index in [-0.39, 0.29) is 29.0 Å². The molecule has 3 atom stereocenters. The number of hydrogen-bond donors (Lipinski definition) is 0. The lowest BCUT2D eigenvalue weighted by molar-refractivity contribution is -0.137. The predicted molar refractivity (Wildman–Crippen MR) is 138 cm³/mol. The Morgan fingerprint density at radius 3 is 2.39 bits per heavy atom. The number of alkyl halides is 3. The van der Waals surface area contributed by atoms with Gasteiger partial charge in [-0.3, -0.25) is 4.90 Å². The number of aryl methyl sites for hydroxylation is 2. The number of carbonyl (C=O) groups excluding carboxylic acids is 1. The topological polar surface area (TPSA) is 38.8 Å². The SMILES string of the molecule is [2H]C([2H])([2H])C([2H])(C)c1cc(-c2ccc(C(F)(F)F)cc2CN2C(=O)O[C@H](c3cc(C)cc(C)c3)[C@@H]2C)c(OC)cc1F. The zero-order chi connectivity index (χ0) is 31.4. The highest BCUT2D eigenvalue weighted by Gasteiger charge is 2.40. The van der Waals surface area contributed by atoms with Crippen LogP contribution in [0.1, 0.15) is 71.6 Å². The summed E-state index contributed by atoms with van der Waals surface area (Å²) < 4.78 is 99.2. The zero-order valence-electron chi connectivity index (χ0n) is 25.7. The van der Waals surface area contributed by atoms with Crippen LogP contribution in [-0.2, 0) is 17.5 Å². The molecule has 0 N–H and O–H groups in total. The molecule has 4 rings (SSSR count). The second kappa shape index (κ2) is 10.3. The predicted octanol–water partition coefficient (Wildman–Crippen LogP) is 8.34. The molecule has 1 saturated heterocycles. The van der Waals surface area contributed by atoms with Crippen molar-refractivity contribution in [3.63, 3.8) is 0 Å². The van der Waals surface area contributed by atoms with Crippen molar-refractivity contribution in [3.8, 4) is 16.9 Å². The van der Waals surface area contributed by atoms with Crippen molar-refractivity contribution in [2.75, 3.05) is 7.11 Å². The van der Waals surface area contributed by atoms with Gasteiger partial charge >= 0.3 is 12.3 Å². The summed E-state index contributed by atoms with van der Waals surface area (Å²) in [6.45, 7) is 3.37. The monoisotopic (exact) mass is 533 g/mol. The summed E-state index contributed by atoms with van der Waals surface area (Å²) in [7, 11) is 1.24. The number of amides is 1. The maximum absolute atomic E-state index is 15.1. The summed E-state index contributed by atoms with van der Waals surface area (Å²) in [4.78, 5) is 14.4. The van der Waals surface area contributed by atoms with Crippen LogP contribution in [0.25, 0.3) is 11.1 Å². The average molecular weight is 534 g/mol. The highest BCUT2D eigenvalue weighted by Crippen LogP contribution is 2.41. The first kappa shape index (κ1) is 22.4. The summed E-state index contributed by atoms with van der Waals surface area (Å²) in [5.41, 5.74) is 1.50. The molecule has 1 amide bonds. The van der Waals surface area contributed by atoms with Crippen LogP contribution in [-0.4, -0.2) is 24.1 Å². The Labute approximate surface area is 225 Å². The molecule has 3 aromatic carbocycles. The van der Waals surface area contributed by atoms with Gasteiger partial charge in [-0.15, -0.1) is 0 Å². The number of methoxy groups -OCH3 is 1. The summed E-state index contributed by atoms with van der Waals surface area (Å²) in [5.74, 6) is -3.47. The number of nitrogens with zero attached hydrogens (tertiary/aromatic N) is 1. The van der Waals surface area contributed by atoms with Crippen molar-refractivity contribution in [2.45, 2.75) is 65.3 Å². The number of cyclic esters (lactones) is 1. The van der Waals surface area contributed by atoms with Gasteiger partial charge in [0.1, 0.15) is 17.7 Å². The lowest BCUT2D eigenvalue weighted by Gasteiger charge is -2.24. The molecule has 0 aliphatic carbocycles. The van der Waals surface area contributed by atoms with Gasteiger partial charge in [0.05, 0.1) is 25.3 Å². The third-order valence-corrected chi connectivity index (χ3v) is 6.72. The molecule has 0 bridgehead atoms. The maximum Gasteiger partial charge on any atom is 0.416 e. The third kappa shape index (κ3) is 5.35. The lowest BCUT2D eigenvalue weighted by atomic mass is 9.91. The van der Waals surface area contributed by atoms with Gasteiger partial charge in [-0.25, -0.2) is 9.18 Å². The molecule has 8 heteroatoms. The number of ether oxygens (including phenoxy) is 2. The normalized spacial score (nSPS) is 21.2. The molecule has 0 saturated carbocycles. The van der Waals surface area contributed by atoms with Gasteiger partial charge in [0.25, 0.3) is 0 Å². The lowest BCUT2D eigenvalue weighted by Crippen LogP contribution is -2.31. The largest absolute Gasteiger partial charge is 0.496 e. The van der Waals surface area contributed by atoms with Crippen molar-refractivity contribution < 1.29 is 37.3 Å². The van der Waals surface area contributed by atoms with E-state index >= 15 is 4.39 Å². The van der Waals surface area contributed by atoms with Crippen LogP contribution in [0.4, 0.5) is 22.4 Å². The molecule has 1 aliphatic heterocycles. The Morgan fingerprint density at radius 2 is 1.79 bits per heavy atom. The summed E-state index contributed by atoms with van der Waals surface area (Å²) >= 11 is 0. The first-order valence-corrected chi connectivity index (χ1v) is 12.0. The first-order chi connectivity index (χ1) is 19.3. The number of halogens is 4. The minimum atomic E-state index is -4.70. The van der Waals surface area contributed by atoms with Gasteiger partial charge in [-0.1, -0.05) is 49.2 Å². The van der Waals surface area contributed by atoms with Crippen molar-refractivity contribution in [1.29, 1.82) is 0 Å². The molecule has 1 unspecified atom stereocenters.